The molecule has 1 unspecified atom stereocenters. The van der Waals surface area contributed by atoms with Crippen molar-refractivity contribution < 1.29 is 9.53 Å². The van der Waals surface area contributed by atoms with E-state index in [1.54, 1.807) is 6.33 Å². The highest BCUT2D eigenvalue weighted by atomic mass is 127. The van der Waals surface area contributed by atoms with Gasteiger partial charge in [0.1, 0.15) is 12.2 Å². The maximum Gasteiger partial charge on any atom is 0.310 e. The first kappa shape index (κ1) is 22.7. The molecule has 1 aromatic rings. The first-order valence-corrected chi connectivity index (χ1v) is 9.26. The third-order valence-electron chi connectivity index (χ3n) is 4.29. The van der Waals surface area contributed by atoms with Crippen molar-refractivity contribution >= 4 is 35.9 Å². The molecule has 8 nitrogen and oxygen atoms in total. The quantitative estimate of drug-likeness (QED) is 0.278. The molecule has 0 bridgehead atoms. The molecule has 0 aliphatic carbocycles. The van der Waals surface area contributed by atoms with Gasteiger partial charge in [-0.05, 0) is 26.7 Å². The van der Waals surface area contributed by atoms with E-state index in [1.165, 1.54) is 0 Å². The number of nitrogens with zero attached hydrogens (tertiary/aromatic N) is 5. The van der Waals surface area contributed by atoms with Gasteiger partial charge in [-0.25, -0.2) is 0 Å². The van der Waals surface area contributed by atoms with Crippen LogP contribution in [-0.4, -0.2) is 64.4 Å². The molecular formula is C17H31IN6O2. The number of carbonyl (C=O) groups is 1. The summed E-state index contributed by atoms with van der Waals surface area (Å²) in [5, 5.41) is 11.4. The molecule has 1 aromatic heterocycles. The molecule has 1 atom stereocenters. The van der Waals surface area contributed by atoms with Crippen molar-refractivity contribution in [3.8, 4) is 0 Å². The number of rotatable bonds is 7. The Hall–Kier alpha value is -1.39. The molecule has 0 radical (unpaired) electrons. The molecule has 1 aliphatic rings. The molecule has 0 amide bonds. The third-order valence-corrected chi connectivity index (χ3v) is 4.29. The van der Waals surface area contributed by atoms with E-state index in [0.717, 1.165) is 50.7 Å². The zero-order valence-electron chi connectivity index (χ0n) is 16.0. The van der Waals surface area contributed by atoms with Crippen LogP contribution < -0.4 is 5.32 Å². The molecule has 1 aliphatic heterocycles. The van der Waals surface area contributed by atoms with Gasteiger partial charge >= 0.3 is 5.97 Å². The number of carbonyl (C=O) groups excluding carboxylic acids is 1. The topological polar surface area (TPSA) is 84.6 Å². The van der Waals surface area contributed by atoms with Crippen molar-refractivity contribution in [1.29, 1.82) is 0 Å². The molecule has 0 spiro atoms. The largest absolute Gasteiger partial charge is 0.466 e. The first-order valence-electron chi connectivity index (χ1n) is 9.26. The summed E-state index contributed by atoms with van der Waals surface area (Å²) in [5.74, 6) is 1.67. The Labute approximate surface area is 172 Å². The van der Waals surface area contributed by atoms with Crippen LogP contribution in [-0.2, 0) is 22.5 Å². The summed E-state index contributed by atoms with van der Waals surface area (Å²) in [7, 11) is 0. The Bertz CT molecular complexity index is 577. The van der Waals surface area contributed by atoms with Crippen LogP contribution in [0.15, 0.2) is 11.3 Å². The number of esters is 1. The maximum atomic E-state index is 12.0. The molecule has 2 heterocycles. The van der Waals surface area contributed by atoms with Crippen molar-refractivity contribution in [3.63, 3.8) is 0 Å². The Morgan fingerprint density at radius 3 is 2.92 bits per heavy atom. The number of piperidine rings is 1. The summed E-state index contributed by atoms with van der Waals surface area (Å²) in [4.78, 5) is 18.9. The summed E-state index contributed by atoms with van der Waals surface area (Å²) >= 11 is 0. The lowest BCUT2D eigenvalue weighted by Gasteiger charge is -2.34. The fourth-order valence-electron chi connectivity index (χ4n) is 3.05. The summed E-state index contributed by atoms with van der Waals surface area (Å²) in [6, 6.07) is 0. The summed E-state index contributed by atoms with van der Waals surface area (Å²) in [6.07, 6.45) is 4.46. The highest BCUT2D eigenvalue weighted by Gasteiger charge is 2.28. The van der Waals surface area contributed by atoms with E-state index in [2.05, 4.69) is 34.3 Å². The lowest BCUT2D eigenvalue weighted by Crippen LogP contribution is -2.48. The Morgan fingerprint density at radius 1 is 1.42 bits per heavy atom. The minimum Gasteiger partial charge on any atom is -0.466 e. The second-order valence-corrected chi connectivity index (χ2v) is 6.07. The molecule has 0 aromatic carbocycles. The second-order valence-electron chi connectivity index (χ2n) is 6.07. The number of guanidine groups is 1. The van der Waals surface area contributed by atoms with Gasteiger partial charge in [-0.1, -0.05) is 6.92 Å². The van der Waals surface area contributed by atoms with Gasteiger partial charge in [-0.15, -0.1) is 34.2 Å². The van der Waals surface area contributed by atoms with Crippen molar-refractivity contribution in [2.75, 3.05) is 32.8 Å². The highest BCUT2D eigenvalue weighted by molar-refractivity contribution is 14.0. The Kier molecular flexibility index (Phi) is 10.5. The zero-order chi connectivity index (χ0) is 18.1. The monoisotopic (exact) mass is 478 g/mol. The molecule has 1 fully saturated rings. The number of aromatic nitrogens is 3. The van der Waals surface area contributed by atoms with Crippen LogP contribution in [0.4, 0.5) is 0 Å². The molecule has 26 heavy (non-hydrogen) atoms. The smallest absolute Gasteiger partial charge is 0.310 e. The number of nitrogens with one attached hydrogen (secondary N) is 1. The third kappa shape index (κ3) is 6.40. The first-order chi connectivity index (χ1) is 12.2. The van der Waals surface area contributed by atoms with Crippen LogP contribution in [0.25, 0.3) is 0 Å². The molecule has 1 saturated heterocycles. The maximum absolute atomic E-state index is 12.0. The lowest BCUT2D eigenvalue weighted by molar-refractivity contribution is -0.149. The predicted octanol–water partition coefficient (Wildman–Crippen LogP) is 1.70. The molecule has 9 heteroatoms. The lowest BCUT2D eigenvalue weighted by atomic mass is 9.98. The Balaban J connectivity index is 0.00000338. The van der Waals surface area contributed by atoms with Gasteiger partial charge in [0.15, 0.2) is 5.96 Å². The molecule has 148 valence electrons. The van der Waals surface area contributed by atoms with Gasteiger partial charge in [0, 0.05) is 32.6 Å². The SMILES string of the molecule is CCNC(=NCCn1cnnc1CC)N1CCCC(C(=O)OCC)C1.I. The van der Waals surface area contributed by atoms with Gasteiger partial charge in [0.2, 0.25) is 0 Å². The van der Waals surface area contributed by atoms with Crippen molar-refractivity contribution in [3.05, 3.63) is 12.2 Å². The highest BCUT2D eigenvalue weighted by Crippen LogP contribution is 2.18. The normalized spacial score (nSPS) is 17.6. The van der Waals surface area contributed by atoms with Crippen molar-refractivity contribution in [1.82, 2.24) is 25.0 Å². The Morgan fingerprint density at radius 2 is 2.23 bits per heavy atom. The summed E-state index contributed by atoms with van der Waals surface area (Å²) in [6.45, 7) is 10.2. The van der Waals surface area contributed by atoms with E-state index >= 15 is 0 Å². The van der Waals surface area contributed by atoms with E-state index in [9.17, 15) is 4.79 Å². The van der Waals surface area contributed by atoms with E-state index in [0.29, 0.717) is 19.7 Å². The van der Waals surface area contributed by atoms with Crippen molar-refractivity contribution in [2.45, 2.75) is 46.6 Å². The fourth-order valence-corrected chi connectivity index (χ4v) is 3.05. The van der Waals surface area contributed by atoms with Gasteiger partial charge in [0.25, 0.3) is 0 Å². The van der Waals surface area contributed by atoms with Crippen LogP contribution >= 0.6 is 24.0 Å². The molecule has 1 N–H and O–H groups in total. The number of halogens is 1. The summed E-state index contributed by atoms with van der Waals surface area (Å²) in [5.41, 5.74) is 0. The van der Waals surface area contributed by atoms with Gasteiger partial charge in [-0.2, -0.15) is 0 Å². The van der Waals surface area contributed by atoms with Crippen LogP contribution in [0.1, 0.15) is 39.4 Å². The number of ether oxygens (including phenoxy) is 1. The number of aliphatic imine (C=N–C) groups is 1. The number of hydrogen-bond donors (Lipinski definition) is 1. The number of aryl methyl sites for hydroxylation is 1. The average molecular weight is 478 g/mol. The van der Waals surface area contributed by atoms with Crippen LogP contribution in [0.3, 0.4) is 0 Å². The van der Waals surface area contributed by atoms with E-state index in [-0.39, 0.29) is 35.9 Å². The van der Waals surface area contributed by atoms with E-state index < -0.39 is 0 Å². The fraction of sp³-hybridized carbons (Fsp3) is 0.765. The molecular weight excluding hydrogens is 447 g/mol. The van der Waals surface area contributed by atoms with Gasteiger partial charge in [0.05, 0.1) is 19.1 Å². The van der Waals surface area contributed by atoms with Crippen molar-refractivity contribution in [2.24, 2.45) is 10.9 Å². The molecule has 2 rings (SSSR count). The standard InChI is InChI=1S/C17H30N6O2.HI/c1-4-15-21-20-13-23(15)11-9-19-17(18-5-2)22-10-7-8-14(12-22)16(24)25-6-3;/h13-14H,4-12H2,1-3H3,(H,18,19);1H. The zero-order valence-corrected chi connectivity index (χ0v) is 18.3. The average Bonchev–Trinajstić information content (AvgIpc) is 3.09. The van der Waals surface area contributed by atoms with Gasteiger partial charge in [-0.3, -0.25) is 9.79 Å². The molecule has 0 saturated carbocycles. The second kappa shape index (κ2) is 12.1. The number of hydrogen-bond acceptors (Lipinski definition) is 5. The minimum atomic E-state index is -0.0971. The minimum absolute atomic E-state index is 0. The van der Waals surface area contributed by atoms with Crippen LogP contribution in [0, 0.1) is 5.92 Å². The number of likely N-dealkylation sites (tertiary alicyclic amines) is 1. The van der Waals surface area contributed by atoms with Crippen LogP contribution in [0.5, 0.6) is 0 Å². The van der Waals surface area contributed by atoms with E-state index in [4.69, 9.17) is 9.73 Å². The summed E-state index contributed by atoms with van der Waals surface area (Å²) < 4.78 is 7.21. The van der Waals surface area contributed by atoms with Crippen LogP contribution in [0.2, 0.25) is 0 Å². The van der Waals surface area contributed by atoms with Gasteiger partial charge < -0.3 is 19.5 Å². The van der Waals surface area contributed by atoms with E-state index in [1.807, 2.05) is 11.5 Å². The predicted molar refractivity (Wildman–Crippen MR) is 112 cm³/mol.